The number of aryl methyl sites for hydroxylation is 2. The van der Waals surface area contributed by atoms with Crippen LogP contribution < -0.4 is 14.8 Å². The lowest BCUT2D eigenvalue weighted by Crippen LogP contribution is -2.33. The Morgan fingerprint density at radius 3 is 1.64 bits per heavy atom. The van der Waals surface area contributed by atoms with Crippen molar-refractivity contribution < 1.29 is 50.1 Å². The van der Waals surface area contributed by atoms with Gasteiger partial charge in [0, 0.05) is 45.7 Å². The molecular formula is C26H24Cl2F6N8O5. The van der Waals surface area contributed by atoms with Crippen LogP contribution in [0.5, 0.6) is 23.5 Å². The SMILES string of the molecule is CNC(=O)n1nc(Oc2ncc(C(F)(F)F)cc2Cl)cc1C.COCN(C)C(=O)n1nc(Oc2ncc(C(F)(F)F)cc2Cl)cc1C. The Bertz CT molecular complexity index is 1750. The summed E-state index contributed by atoms with van der Waals surface area (Å²) in [6.45, 7) is 3.28. The number of amides is 2. The molecule has 0 radical (unpaired) electrons. The molecule has 0 atom stereocenters. The molecule has 2 amide bonds. The van der Waals surface area contributed by atoms with E-state index in [0.717, 1.165) is 9.36 Å². The topological polar surface area (TPSA) is 139 Å². The van der Waals surface area contributed by atoms with Gasteiger partial charge < -0.3 is 24.4 Å². The zero-order valence-electron chi connectivity index (χ0n) is 24.9. The Labute approximate surface area is 271 Å². The number of nitrogens with one attached hydrogen (secondary N) is 1. The number of hydrogen-bond acceptors (Lipinski definition) is 9. The minimum atomic E-state index is -4.56. The Kier molecular flexibility index (Phi) is 11.7. The van der Waals surface area contributed by atoms with Gasteiger partial charge in [-0.1, -0.05) is 23.2 Å². The zero-order chi connectivity index (χ0) is 35.3. The number of halogens is 8. The van der Waals surface area contributed by atoms with Crippen LogP contribution in [0, 0.1) is 13.8 Å². The predicted octanol–water partition coefficient (Wildman–Crippen LogP) is 6.79. The van der Waals surface area contributed by atoms with Crippen LogP contribution in [0.25, 0.3) is 0 Å². The molecular weight excluding hydrogens is 689 g/mol. The van der Waals surface area contributed by atoms with Crippen molar-refractivity contribution in [3.8, 4) is 23.5 Å². The third-order valence-electron chi connectivity index (χ3n) is 5.64. The van der Waals surface area contributed by atoms with Crippen molar-refractivity contribution in [1.82, 2.24) is 39.7 Å². The standard InChI is InChI=1S/C14H14ClF3N4O3.C12H10ClF3N4O2/c1-8-4-11(20-22(8)13(23)21(2)7-24-3)25-12-10(15)5-9(6-19-12)14(16,17)18;1-6-3-9(19-20(6)11(21)17-2)22-10-8(13)4-7(5-18-10)12(14,15)16/h4-6H,7H2,1-3H3;3-5H,1-2H3,(H,17,21). The van der Waals surface area contributed by atoms with Gasteiger partial charge in [-0.2, -0.15) is 35.7 Å². The quantitative estimate of drug-likeness (QED) is 0.169. The lowest BCUT2D eigenvalue weighted by Gasteiger charge is -2.15. The van der Waals surface area contributed by atoms with Crippen LogP contribution in [0.3, 0.4) is 0 Å². The van der Waals surface area contributed by atoms with E-state index >= 15 is 0 Å². The fourth-order valence-corrected chi connectivity index (χ4v) is 3.83. The molecule has 0 saturated carbocycles. The summed E-state index contributed by atoms with van der Waals surface area (Å²) in [4.78, 5) is 32.0. The molecule has 4 rings (SSSR count). The molecule has 0 spiro atoms. The normalized spacial score (nSPS) is 11.4. The highest BCUT2D eigenvalue weighted by molar-refractivity contribution is 6.32. The molecule has 0 aromatic carbocycles. The molecule has 254 valence electrons. The van der Waals surface area contributed by atoms with E-state index in [-0.39, 0.29) is 40.3 Å². The minimum Gasteiger partial charge on any atom is -0.417 e. The molecule has 4 aromatic rings. The van der Waals surface area contributed by atoms with Crippen LogP contribution in [-0.2, 0) is 17.1 Å². The summed E-state index contributed by atoms with van der Waals surface area (Å²) in [6, 6.07) is 3.29. The number of rotatable bonds is 6. The van der Waals surface area contributed by atoms with Crippen molar-refractivity contribution in [1.29, 1.82) is 0 Å². The number of aromatic nitrogens is 6. The van der Waals surface area contributed by atoms with E-state index in [1.807, 2.05) is 0 Å². The van der Waals surface area contributed by atoms with Gasteiger partial charge in [-0.05, 0) is 26.0 Å². The van der Waals surface area contributed by atoms with Crippen LogP contribution in [-0.4, -0.2) is 74.4 Å². The molecule has 13 nitrogen and oxygen atoms in total. The third kappa shape index (κ3) is 9.46. The van der Waals surface area contributed by atoms with Gasteiger partial charge >= 0.3 is 24.4 Å². The second kappa shape index (κ2) is 14.9. The van der Waals surface area contributed by atoms with Gasteiger partial charge in [-0.15, -0.1) is 10.2 Å². The van der Waals surface area contributed by atoms with E-state index in [2.05, 4.69) is 25.5 Å². The first kappa shape index (κ1) is 36.8. The summed E-state index contributed by atoms with van der Waals surface area (Å²) in [5, 5.41) is 9.52. The Morgan fingerprint density at radius 1 is 0.830 bits per heavy atom. The van der Waals surface area contributed by atoms with Gasteiger partial charge in [0.25, 0.3) is 0 Å². The Morgan fingerprint density at radius 2 is 1.26 bits per heavy atom. The van der Waals surface area contributed by atoms with Gasteiger partial charge in [-0.3, -0.25) is 0 Å². The van der Waals surface area contributed by atoms with E-state index in [9.17, 15) is 35.9 Å². The molecule has 4 heterocycles. The Hall–Kier alpha value is -4.62. The molecule has 0 aliphatic heterocycles. The highest BCUT2D eigenvalue weighted by atomic mass is 35.5. The van der Waals surface area contributed by atoms with Crippen molar-refractivity contribution in [3.05, 3.63) is 69.2 Å². The molecule has 47 heavy (non-hydrogen) atoms. The van der Waals surface area contributed by atoms with Crippen LogP contribution in [0.15, 0.2) is 36.7 Å². The number of nitrogens with zero attached hydrogens (tertiary/aromatic N) is 7. The second-order valence-corrected chi connectivity index (χ2v) is 10.1. The van der Waals surface area contributed by atoms with E-state index in [1.165, 1.54) is 38.2 Å². The van der Waals surface area contributed by atoms with Gasteiger partial charge in [0.05, 0.1) is 22.5 Å². The minimum absolute atomic E-state index is 0.0183. The largest absolute Gasteiger partial charge is 0.417 e. The van der Waals surface area contributed by atoms with Gasteiger partial charge in [0.1, 0.15) is 16.8 Å². The van der Waals surface area contributed by atoms with Crippen molar-refractivity contribution >= 4 is 35.3 Å². The lowest BCUT2D eigenvalue weighted by atomic mass is 10.3. The molecule has 0 saturated heterocycles. The van der Waals surface area contributed by atoms with Gasteiger partial charge in [0.2, 0.25) is 23.5 Å². The lowest BCUT2D eigenvalue weighted by molar-refractivity contribution is -0.138. The smallest absolute Gasteiger partial charge is 0.417 e. The van der Waals surface area contributed by atoms with Crippen LogP contribution in [0.1, 0.15) is 22.5 Å². The number of methoxy groups -OCH3 is 1. The zero-order valence-corrected chi connectivity index (χ0v) is 26.4. The van der Waals surface area contributed by atoms with Crippen molar-refractivity contribution in [3.63, 3.8) is 0 Å². The van der Waals surface area contributed by atoms with Crippen molar-refractivity contribution in [2.45, 2.75) is 26.2 Å². The summed E-state index contributed by atoms with van der Waals surface area (Å²) >= 11 is 11.5. The van der Waals surface area contributed by atoms with Crippen LogP contribution in [0.4, 0.5) is 35.9 Å². The number of carbonyl (C=O) groups excluding carboxylic acids is 2. The molecule has 0 aliphatic carbocycles. The first-order chi connectivity index (χ1) is 21.8. The first-order valence-corrected chi connectivity index (χ1v) is 13.5. The molecule has 4 aromatic heterocycles. The van der Waals surface area contributed by atoms with Crippen molar-refractivity contribution in [2.75, 3.05) is 27.9 Å². The molecule has 21 heteroatoms. The molecule has 1 N–H and O–H groups in total. The van der Waals surface area contributed by atoms with E-state index < -0.39 is 35.5 Å². The fourth-order valence-electron chi connectivity index (χ4n) is 3.42. The summed E-state index contributed by atoms with van der Waals surface area (Å²) in [7, 11) is 4.38. The average Bonchev–Trinajstić information content (AvgIpc) is 3.54. The number of hydrogen-bond donors (Lipinski definition) is 1. The average molecular weight is 713 g/mol. The van der Waals surface area contributed by atoms with Gasteiger partial charge in [0.15, 0.2) is 0 Å². The fraction of sp³-hybridized carbons (Fsp3) is 0.308. The molecule has 0 unspecified atom stereocenters. The monoisotopic (exact) mass is 712 g/mol. The number of pyridine rings is 2. The highest BCUT2D eigenvalue weighted by Gasteiger charge is 2.33. The number of carbonyl (C=O) groups is 2. The predicted molar refractivity (Wildman–Crippen MR) is 153 cm³/mol. The first-order valence-electron chi connectivity index (χ1n) is 12.8. The van der Waals surface area contributed by atoms with Crippen LogP contribution >= 0.6 is 23.2 Å². The van der Waals surface area contributed by atoms with Crippen molar-refractivity contribution in [2.24, 2.45) is 0 Å². The van der Waals surface area contributed by atoms with E-state index in [4.69, 9.17) is 37.4 Å². The third-order valence-corrected chi connectivity index (χ3v) is 6.18. The number of alkyl halides is 6. The van der Waals surface area contributed by atoms with Crippen LogP contribution in [0.2, 0.25) is 10.0 Å². The van der Waals surface area contributed by atoms with E-state index in [1.54, 1.807) is 13.8 Å². The van der Waals surface area contributed by atoms with Gasteiger partial charge in [-0.25, -0.2) is 19.6 Å². The van der Waals surface area contributed by atoms with E-state index in [0.29, 0.717) is 35.9 Å². The summed E-state index contributed by atoms with van der Waals surface area (Å²) in [6.07, 6.45) is -7.91. The Balaban J connectivity index is 0.000000257. The summed E-state index contributed by atoms with van der Waals surface area (Å²) < 4.78 is 92.8. The maximum atomic E-state index is 12.6. The second-order valence-electron chi connectivity index (χ2n) is 9.25. The summed E-state index contributed by atoms with van der Waals surface area (Å²) in [5.74, 6) is -0.547. The molecule has 0 bridgehead atoms. The highest BCUT2D eigenvalue weighted by Crippen LogP contribution is 2.35. The maximum absolute atomic E-state index is 12.6. The maximum Gasteiger partial charge on any atom is 0.417 e. The summed E-state index contributed by atoms with van der Waals surface area (Å²) in [5.41, 5.74) is -1.07. The molecule has 0 aliphatic rings. The number of ether oxygens (including phenoxy) is 3. The molecule has 0 fully saturated rings.